The standard InChI is InChI=1S/C4H4N2O2S/c7-3-4(8)6-2(9)1-5-3/h1H2,(H,5,7)(H,6,8,9). The van der Waals surface area contributed by atoms with Crippen LogP contribution in [0.5, 0.6) is 0 Å². The van der Waals surface area contributed by atoms with E-state index in [-0.39, 0.29) is 6.54 Å². The Balaban J connectivity index is 2.64. The fourth-order valence-electron chi connectivity index (χ4n) is 0.468. The second kappa shape index (κ2) is 2.10. The minimum absolute atomic E-state index is 0.264. The quantitative estimate of drug-likeness (QED) is 0.323. The summed E-state index contributed by atoms with van der Waals surface area (Å²) in [6.45, 7) is 0.264. The van der Waals surface area contributed by atoms with Crippen LogP contribution in [0.1, 0.15) is 0 Å². The summed E-state index contributed by atoms with van der Waals surface area (Å²) in [5.74, 6) is -1.30. The average molecular weight is 144 g/mol. The molecule has 48 valence electrons. The van der Waals surface area contributed by atoms with E-state index in [0.29, 0.717) is 4.99 Å². The molecule has 0 bridgehead atoms. The molecule has 0 aliphatic carbocycles. The third-order valence-corrected chi connectivity index (χ3v) is 1.12. The first-order valence-corrected chi connectivity index (χ1v) is 2.73. The van der Waals surface area contributed by atoms with Gasteiger partial charge in [-0.15, -0.1) is 0 Å². The van der Waals surface area contributed by atoms with Crippen LogP contribution in [0.2, 0.25) is 0 Å². The topological polar surface area (TPSA) is 58.2 Å². The summed E-state index contributed by atoms with van der Waals surface area (Å²) in [4.78, 5) is 21.1. The van der Waals surface area contributed by atoms with Crippen LogP contribution in [0, 0.1) is 0 Å². The van der Waals surface area contributed by atoms with Gasteiger partial charge >= 0.3 is 11.8 Å². The zero-order valence-corrected chi connectivity index (χ0v) is 5.25. The molecule has 2 N–H and O–H groups in total. The number of thiocarbonyl (C=S) groups is 1. The van der Waals surface area contributed by atoms with E-state index in [1.807, 2.05) is 0 Å². The minimum atomic E-state index is -0.675. The van der Waals surface area contributed by atoms with Crippen LogP contribution < -0.4 is 10.6 Å². The fraction of sp³-hybridized carbons (Fsp3) is 0.250. The van der Waals surface area contributed by atoms with Gasteiger partial charge in [-0.25, -0.2) is 0 Å². The van der Waals surface area contributed by atoms with Gasteiger partial charge in [0, 0.05) is 0 Å². The highest BCUT2D eigenvalue weighted by molar-refractivity contribution is 7.80. The van der Waals surface area contributed by atoms with Crippen LogP contribution in [0.15, 0.2) is 0 Å². The predicted molar refractivity (Wildman–Crippen MR) is 33.8 cm³/mol. The van der Waals surface area contributed by atoms with Gasteiger partial charge in [0.2, 0.25) is 0 Å². The monoisotopic (exact) mass is 144 g/mol. The van der Waals surface area contributed by atoms with Gasteiger partial charge in [0.1, 0.15) is 4.99 Å². The molecule has 4 nitrogen and oxygen atoms in total. The van der Waals surface area contributed by atoms with Crippen molar-refractivity contribution >= 4 is 29.0 Å². The van der Waals surface area contributed by atoms with E-state index in [4.69, 9.17) is 0 Å². The van der Waals surface area contributed by atoms with Crippen molar-refractivity contribution in [2.45, 2.75) is 0 Å². The van der Waals surface area contributed by atoms with Crippen LogP contribution in [0.25, 0.3) is 0 Å². The van der Waals surface area contributed by atoms with Crippen molar-refractivity contribution in [1.82, 2.24) is 10.6 Å². The smallest absolute Gasteiger partial charge is 0.314 e. The summed E-state index contributed by atoms with van der Waals surface area (Å²) in [6, 6.07) is 0. The zero-order chi connectivity index (χ0) is 6.85. The van der Waals surface area contributed by atoms with Gasteiger partial charge in [0.25, 0.3) is 0 Å². The van der Waals surface area contributed by atoms with E-state index in [9.17, 15) is 9.59 Å². The molecule has 0 unspecified atom stereocenters. The molecule has 1 aliphatic rings. The van der Waals surface area contributed by atoms with Gasteiger partial charge in [-0.3, -0.25) is 9.59 Å². The number of amides is 2. The molecule has 0 aromatic heterocycles. The van der Waals surface area contributed by atoms with Crippen molar-refractivity contribution < 1.29 is 9.59 Å². The van der Waals surface area contributed by atoms with Crippen molar-refractivity contribution in [3.63, 3.8) is 0 Å². The Morgan fingerprint density at radius 1 is 1.33 bits per heavy atom. The molecule has 1 fully saturated rings. The lowest BCUT2D eigenvalue weighted by Gasteiger charge is -2.12. The van der Waals surface area contributed by atoms with Crippen LogP contribution in [-0.4, -0.2) is 23.3 Å². The first-order chi connectivity index (χ1) is 4.20. The normalized spacial score (nSPS) is 18.9. The van der Waals surface area contributed by atoms with Crippen molar-refractivity contribution in [3.05, 3.63) is 0 Å². The maximum Gasteiger partial charge on any atom is 0.314 e. The third-order valence-electron chi connectivity index (χ3n) is 0.869. The molecule has 0 aromatic carbocycles. The van der Waals surface area contributed by atoms with E-state index >= 15 is 0 Å². The Labute approximate surface area is 56.6 Å². The van der Waals surface area contributed by atoms with E-state index in [0.717, 1.165) is 0 Å². The average Bonchev–Trinajstić information content (AvgIpc) is 1.80. The highest BCUT2D eigenvalue weighted by Crippen LogP contribution is 1.79. The molecule has 0 saturated carbocycles. The number of nitrogens with one attached hydrogen (secondary N) is 2. The molecule has 0 aromatic rings. The van der Waals surface area contributed by atoms with E-state index < -0.39 is 11.8 Å². The number of hydrogen-bond donors (Lipinski definition) is 2. The summed E-state index contributed by atoms with van der Waals surface area (Å²) >= 11 is 4.59. The molecule has 1 rings (SSSR count). The number of carbonyl (C=O) groups is 2. The molecule has 5 heteroatoms. The van der Waals surface area contributed by atoms with Gasteiger partial charge in [0.15, 0.2) is 0 Å². The Morgan fingerprint density at radius 2 is 2.00 bits per heavy atom. The van der Waals surface area contributed by atoms with Crippen LogP contribution in [-0.2, 0) is 9.59 Å². The highest BCUT2D eigenvalue weighted by Gasteiger charge is 2.19. The van der Waals surface area contributed by atoms with Crippen molar-refractivity contribution in [2.75, 3.05) is 6.54 Å². The van der Waals surface area contributed by atoms with Crippen LogP contribution in [0.4, 0.5) is 0 Å². The molecule has 1 heterocycles. The van der Waals surface area contributed by atoms with Gasteiger partial charge in [-0.1, -0.05) is 12.2 Å². The first-order valence-electron chi connectivity index (χ1n) is 2.32. The Morgan fingerprint density at radius 3 is 2.44 bits per heavy atom. The molecule has 9 heavy (non-hydrogen) atoms. The van der Waals surface area contributed by atoms with Gasteiger partial charge < -0.3 is 10.6 Å². The summed E-state index contributed by atoms with van der Waals surface area (Å²) < 4.78 is 0. The third kappa shape index (κ3) is 1.23. The maximum absolute atomic E-state index is 10.4. The summed E-state index contributed by atoms with van der Waals surface area (Å²) in [5.41, 5.74) is 0. The minimum Gasteiger partial charge on any atom is -0.341 e. The first kappa shape index (κ1) is 6.15. The number of hydrogen-bond acceptors (Lipinski definition) is 3. The molecular weight excluding hydrogens is 140 g/mol. The second-order valence-electron chi connectivity index (χ2n) is 1.56. The van der Waals surface area contributed by atoms with Gasteiger partial charge in [0.05, 0.1) is 6.54 Å². The maximum atomic E-state index is 10.4. The number of piperazine rings is 1. The highest BCUT2D eigenvalue weighted by atomic mass is 32.1. The summed E-state index contributed by atoms with van der Waals surface area (Å²) in [6.07, 6.45) is 0. The molecule has 1 saturated heterocycles. The molecule has 1 aliphatic heterocycles. The van der Waals surface area contributed by atoms with Gasteiger partial charge in [-0.05, 0) is 0 Å². The summed E-state index contributed by atoms with van der Waals surface area (Å²) in [7, 11) is 0. The molecule has 0 spiro atoms. The number of rotatable bonds is 0. The fourth-order valence-corrected chi connectivity index (χ4v) is 0.633. The second-order valence-corrected chi connectivity index (χ2v) is 2.05. The summed E-state index contributed by atoms with van der Waals surface area (Å²) in [5, 5.41) is 4.50. The van der Waals surface area contributed by atoms with Crippen molar-refractivity contribution in [1.29, 1.82) is 0 Å². The SMILES string of the molecule is O=C1NCC(=S)NC1=O. The largest absolute Gasteiger partial charge is 0.341 e. The zero-order valence-electron chi connectivity index (χ0n) is 4.43. The Kier molecular flexibility index (Phi) is 1.44. The van der Waals surface area contributed by atoms with Gasteiger partial charge in [-0.2, -0.15) is 0 Å². The van der Waals surface area contributed by atoms with E-state index in [1.165, 1.54) is 0 Å². The molecular formula is C4H4N2O2S. The molecule has 0 atom stereocenters. The Hall–Kier alpha value is -0.970. The lowest BCUT2D eigenvalue weighted by atomic mass is 10.4. The van der Waals surface area contributed by atoms with Crippen molar-refractivity contribution in [2.24, 2.45) is 0 Å². The van der Waals surface area contributed by atoms with Crippen LogP contribution >= 0.6 is 12.2 Å². The molecule has 2 amide bonds. The van der Waals surface area contributed by atoms with Crippen molar-refractivity contribution in [3.8, 4) is 0 Å². The van der Waals surface area contributed by atoms with Crippen LogP contribution in [0.3, 0.4) is 0 Å². The lowest BCUT2D eigenvalue weighted by molar-refractivity contribution is -0.138. The Bertz CT molecular complexity index is 189. The predicted octanol–water partition coefficient (Wildman–Crippen LogP) is -1.44. The molecule has 0 radical (unpaired) electrons. The van der Waals surface area contributed by atoms with E-state index in [1.54, 1.807) is 0 Å². The number of carbonyl (C=O) groups excluding carboxylic acids is 2. The van der Waals surface area contributed by atoms with E-state index in [2.05, 4.69) is 22.9 Å². The lowest BCUT2D eigenvalue weighted by Crippen LogP contribution is -2.52.